The Kier molecular flexibility index (Phi) is 4.09. The molecule has 0 bridgehead atoms. The van der Waals surface area contributed by atoms with Gasteiger partial charge < -0.3 is 9.80 Å². The van der Waals surface area contributed by atoms with E-state index >= 15 is 0 Å². The van der Waals surface area contributed by atoms with Crippen LogP contribution in [0.4, 0.5) is 16.2 Å². The van der Waals surface area contributed by atoms with E-state index in [0.29, 0.717) is 13.0 Å². The minimum absolute atomic E-state index is 0.000504. The molecule has 0 N–H and O–H groups in total. The summed E-state index contributed by atoms with van der Waals surface area (Å²) in [5.74, 6) is -0.167. The maximum atomic E-state index is 13.4. The topological polar surface area (TPSA) is 87.0 Å². The van der Waals surface area contributed by atoms with E-state index in [9.17, 15) is 19.7 Å². The molecule has 3 aliphatic heterocycles. The molecule has 3 aliphatic rings. The highest BCUT2D eigenvalue weighted by molar-refractivity contribution is 6.01. The molecule has 3 amide bonds. The summed E-state index contributed by atoms with van der Waals surface area (Å²) < 4.78 is 0. The second kappa shape index (κ2) is 6.21. The van der Waals surface area contributed by atoms with Gasteiger partial charge in [-0.25, -0.2) is 4.79 Å². The summed E-state index contributed by atoms with van der Waals surface area (Å²) in [6.07, 6.45) is 4.48. The molecule has 8 nitrogen and oxygen atoms in total. The summed E-state index contributed by atoms with van der Waals surface area (Å²) in [5, 5.41) is 11.3. The van der Waals surface area contributed by atoms with Crippen LogP contribution in [-0.2, 0) is 11.2 Å². The number of urea groups is 1. The van der Waals surface area contributed by atoms with Gasteiger partial charge in [-0.05, 0) is 30.9 Å². The molecule has 0 aromatic heterocycles. The largest absolute Gasteiger partial charge is 0.367 e. The minimum atomic E-state index is -0.760. The van der Waals surface area contributed by atoms with Gasteiger partial charge in [0.2, 0.25) is 5.91 Å². The number of fused-ring (bicyclic) bond motifs is 4. The standard InChI is InChI=1S/C19H24N4O4/c1-20-12-19(17(24)21(2)18(20)25)11-13-10-14(23(26)27)7-8-15(13)22-9-5-3-4-6-16(19)22/h7-8,10,16H,3-6,9,11-12H2,1-2H3/t16-,19+/m0/s1. The average Bonchev–Trinajstić information content (AvgIpc) is 2.91. The van der Waals surface area contributed by atoms with Crippen molar-refractivity contribution in [2.24, 2.45) is 5.41 Å². The molecule has 0 radical (unpaired) electrons. The molecular weight excluding hydrogens is 348 g/mol. The van der Waals surface area contributed by atoms with E-state index < -0.39 is 10.3 Å². The van der Waals surface area contributed by atoms with Crippen LogP contribution in [0.15, 0.2) is 18.2 Å². The smallest absolute Gasteiger partial charge is 0.326 e. The van der Waals surface area contributed by atoms with E-state index in [4.69, 9.17) is 0 Å². The summed E-state index contributed by atoms with van der Waals surface area (Å²) in [6, 6.07) is 4.67. The molecule has 144 valence electrons. The van der Waals surface area contributed by atoms with Gasteiger partial charge in [0.15, 0.2) is 0 Å². The van der Waals surface area contributed by atoms with E-state index in [1.54, 1.807) is 24.1 Å². The van der Waals surface area contributed by atoms with Gasteiger partial charge in [0.05, 0.1) is 10.3 Å². The maximum absolute atomic E-state index is 13.4. The van der Waals surface area contributed by atoms with Gasteiger partial charge in [-0.3, -0.25) is 19.8 Å². The number of benzene rings is 1. The normalized spacial score (nSPS) is 28.1. The zero-order valence-electron chi connectivity index (χ0n) is 15.7. The van der Waals surface area contributed by atoms with E-state index in [0.717, 1.165) is 43.5 Å². The third-order valence-corrected chi connectivity index (χ3v) is 6.34. The molecule has 0 unspecified atom stereocenters. The number of nitrogens with zero attached hydrogens (tertiary/aromatic N) is 4. The number of rotatable bonds is 1. The van der Waals surface area contributed by atoms with Crippen molar-refractivity contribution in [3.63, 3.8) is 0 Å². The Hall–Kier alpha value is -2.64. The molecule has 0 saturated carbocycles. The fraction of sp³-hybridized carbons (Fsp3) is 0.579. The Bertz CT molecular complexity index is 826. The Morgan fingerprint density at radius 3 is 2.70 bits per heavy atom. The molecule has 0 aliphatic carbocycles. The lowest BCUT2D eigenvalue weighted by Gasteiger charge is -2.54. The highest BCUT2D eigenvalue weighted by atomic mass is 16.6. The van der Waals surface area contributed by atoms with E-state index in [-0.39, 0.29) is 23.7 Å². The van der Waals surface area contributed by atoms with E-state index in [1.807, 2.05) is 6.07 Å². The van der Waals surface area contributed by atoms with Crippen LogP contribution in [0.1, 0.15) is 31.2 Å². The first-order chi connectivity index (χ1) is 12.8. The summed E-state index contributed by atoms with van der Waals surface area (Å²) in [6.45, 7) is 1.17. The van der Waals surface area contributed by atoms with Gasteiger partial charge in [0.25, 0.3) is 5.69 Å². The fourth-order valence-electron chi connectivity index (χ4n) is 5.15. The van der Waals surface area contributed by atoms with E-state index in [1.165, 1.54) is 11.9 Å². The highest BCUT2D eigenvalue weighted by Crippen LogP contribution is 2.48. The van der Waals surface area contributed by atoms with Crippen LogP contribution < -0.4 is 4.90 Å². The van der Waals surface area contributed by atoms with Gasteiger partial charge in [-0.2, -0.15) is 0 Å². The number of nitro groups is 1. The molecule has 2 atom stereocenters. The molecule has 4 rings (SSSR count). The van der Waals surface area contributed by atoms with Crippen LogP contribution in [-0.4, -0.2) is 59.9 Å². The summed E-state index contributed by atoms with van der Waals surface area (Å²) in [4.78, 5) is 41.6. The lowest BCUT2D eigenvalue weighted by molar-refractivity contribution is -0.384. The number of carbonyl (C=O) groups is 2. The van der Waals surface area contributed by atoms with Crippen molar-refractivity contribution in [1.82, 2.24) is 9.80 Å². The summed E-state index contributed by atoms with van der Waals surface area (Å²) in [5.41, 5.74) is 1.10. The fourth-order valence-corrected chi connectivity index (χ4v) is 5.15. The number of hydrogen-bond donors (Lipinski definition) is 0. The molecule has 2 saturated heterocycles. The summed E-state index contributed by atoms with van der Waals surface area (Å²) in [7, 11) is 3.25. The molecule has 1 spiro atoms. The van der Waals surface area contributed by atoms with Crippen molar-refractivity contribution >= 4 is 23.3 Å². The SMILES string of the molecule is CN1C[C@@]2(Cc3cc([N+](=O)[O-])ccc3N3CCCCC[C@H]32)C(=O)N(C)C1=O. The second-order valence-corrected chi connectivity index (χ2v) is 7.96. The van der Waals surface area contributed by atoms with Crippen molar-refractivity contribution in [3.05, 3.63) is 33.9 Å². The first-order valence-corrected chi connectivity index (χ1v) is 9.42. The lowest BCUT2D eigenvalue weighted by Crippen LogP contribution is -2.68. The predicted octanol–water partition coefficient (Wildman–Crippen LogP) is 2.41. The van der Waals surface area contributed by atoms with Crippen LogP contribution in [0.5, 0.6) is 0 Å². The van der Waals surface area contributed by atoms with Gasteiger partial charge >= 0.3 is 6.03 Å². The first-order valence-electron chi connectivity index (χ1n) is 9.42. The number of anilines is 1. The minimum Gasteiger partial charge on any atom is -0.367 e. The molecule has 3 heterocycles. The Balaban J connectivity index is 1.87. The van der Waals surface area contributed by atoms with Crippen molar-refractivity contribution in [2.45, 2.75) is 38.1 Å². The Morgan fingerprint density at radius 1 is 1.19 bits per heavy atom. The third kappa shape index (κ3) is 2.57. The molecule has 8 heteroatoms. The Morgan fingerprint density at radius 2 is 1.96 bits per heavy atom. The number of imide groups is 1. The molecule has 27 heavy (non-hydrogen) atoms. The number of carbonyl (C=O) groups excluding carboxylic acids is 2. The number of non-ortho nitro benzene ring substituents is 1. The lowest BCUT2D eigenvalue weighted by atomic mass is 9.67. The van der Waals surface area contributed by atoms with Crippen molar-refractivity contribution in [2.75, 3.05) is 32.1 Å². The summed E-state index contributed by atoms with van der Waals surface area (Å²) >= 11 is 0. The quantitative estimate of drug-likeness (QED) is 0.558. The van der Waals surface area contributed by atoms with Gasteiger partial charge in [-0.15, -0.1) is 0 Å². The molecule has 2 fully saturated rings. The zero-order valence-corrected chi connectivity index (χ0v) is 15.7. The van der Waals surface area contributed by atoms with Crippen molar-refractivity contribution < 1.29 is 14.5 Å². The van der Waals surface area contributed by atoms with Gasteiger partial charge in [-0.1, -0.05) is 12.8 Å². The predicted molar refractivity (Wildman–Crippen MR) is 99.6 cm³/mol. The molecular formula is C19H24N4O4. The average molecular weight is 372 g/mol. The van der Waals surface area contributed by atoms with Gasteiger partial charge in [0, 0.05) is 51.0 Å². The highest BCUT2D eigenvalue weighted by Gasteiger charge is 2.57. The maximum Gasteiger partial charge on any atom is 0.326 e. The van der Waals surface area contributed by atoms with Crippen molar-refractivity contribution in [3.8, 4) is 0 Å². The second-order valence-electron chi connectivity index (χ2n) is 7.96. The third-order valence-electron chi connectivity index (χ3n) is 6.34. The number of amides is 3. The van der Waals surface area contributed by atoms with Crippen LogP contribution in [0.3, 0.4) is 0 Å². The van der Waals surface area contributed by atoms with Crippen LogP contribution in [0.25, 0.3) is 0 Å². The number of nitro benzene ring substituents is 1. The molecule has 1 aromatic rings. The van der Waals surface area contributed by atoms with Crippen molar-refractivity contribution in [1.29, 1.82) is 0 Å². The Labute approximate surface area is 157 Å². The first kappa shape index (κ1) is 17.8. The molecule has 1 aromatic carbocycles. The zero-order chi connectivity index (χ0) is 19.3. The van der Waals surface area contributed by atoms with Gasteiger partial charge in [0.1, 0.15) is 0 Å². The van der Waals surface area contributed by atoms with Crippen LogP contribution in [0.2, 0.25) is 0 Å². The van der Waals surface area contributed by atoms with Crippen LogP contribution >= 0.6 is 0 Å². The van der Waals surface area contributed by atoms with Crippen LogP contribution in [0, 0.1) is 15.5 Å². The monoisotopic (exact) mass is 372 g/mol. The number of hydrogen-bond acceptors (Lipinski definition) is 5. The van der Waals surface area contributed by atoms with E-state index in [2.05, 4.69) is 4.90 Å².